The van der Waals surface area contributed by atoms with Gasteiger partial charge in [-0.25, -0.2) is 9.67 Å². The summed E-state index contributed by atoms with van der Waals surface area (Å²) in [6.45, 7) is 0.972. The summed E-state index contributed by atoms with van der Waals surface area (Å²) in [5.74, 6) is 1.12. The first kappa shape index (κ1) is 10.1. The van der Waals surface area contributed by atoms with Crippen molar-refractivity contribution in [1.29, 1.82) is 0 Å². The Hall–Kier alpha value is -1.88. The number of nitrogens with one attached hydrogen (secondary N) is 1. The maximum absolute atomic E-state index is 4.71. The summed E-state index contributed by atoms with van der Waals surface area (Å²) in [6, 6.07) is 8.53. The van der Waals surface area contributed by atoms with Crippen molar-refractivity contribution in [2.45, 2.75) is 12.5 Å². The predicted octanol–water partition coefficient (Wildman–Crippen LogP) is 2.90. The molecule has 0 spiro atoms. The lowest BCUT2D eigenvalue weighted by molar-refractivity contribution is 0.484. The van der Waals surface area contributed by atoms with E-state index in [0.717, 1.165) is 29.3 Å². The molecule has 1 aromatic carbocycles. The smallest absolute Gasteiger partial charge is 0.133 e. The van der Waals surface area contributed by atoms with Gasteiger partial charge in [-0.3, -0.25) is 0 Å². The average molecular weight is 256 g/mol. The highest BCUT2D eigenvalue weighted by molar-refractivity contribution is 7.09. The van der Waals surface area contributed by atoms with Crippen molar-refractivity contribution in [1.82, 2.24) is 14.8 Å². The lowest BCUT2D eigenvalue weighted by Gasteiger charge is -2.24. The molecular weight excluding hydrogens is 244 g/mol. The molecular formula is C13H12N4S. The summed E-state index contributed by atoms with van der Waals surface area (Å²) in [4.78, 5) is 4.44. The van der Waals surface area contributed by atoms with Gasteiger partial charge in [-0.1, -0.05) is 12.1 Å². The van der Waals surface area contributed by atoms with E-state index in [0.29, 0.717) is 0 Å². The molecule has 0 saturated carbocycles. The van der Waals surface area contributed by atoms with Crippen molar-refractivity contribution in [3.63, 3.8) is 0 Å². The summed E-state index contributed by atoms with van der Waals surface area (Å²) in [6.07, 6.45) is 2.90. The molecule has 90 valence electrons. The molecule has 0 saturated heterocycles. The third kappa shape index (κ3) is 1.37. The van der Waals surface area contributed by atoms with Crippen LogP contribution in [0.5, 0.6) is 0 Å². The number of aromatic nitrogens is 3. The maximum atomic E-state index is 4.71. The molecule has 5 heteroatoms. The van der Waals surface area contributed by atoms with Crippen LogP contribution in [-0.2, 0) is 0 Å². The zero-order valence-corrected chi connectivity index (χ0v) is 10.5. The quantitative estimate of drug-likeness (QED) is 0.728. The Morgan fingerprint density at radius 1 is 1.33 bits per heavy atom. The summed E-state index contributed by atoms with van der Waals surface area (Å²) in [5, 5.41) is 12.5. The fourth-order valence-electron chi connectivity index (χ4n) is 2.53. The lowest BCUT2D eigenvalue weighted by atomic mass is 10.1. The Kier molecular flexibility index (Phi) is 2.14. The van der Waals surface area contributed by atoms with Crippen LogP contribution >= 0.6 is 11.3 Å². The van der Waals surface area contributed by atoms with Crippen molar-refractivity contribution in [3.05, 3.63) is 40.8 Å². The molecule has 0 bridgehead atoms. The maximum Gasteiger partial charge on any atom is 0.133 e. The second kappa shape index (κ2) is 3.81. The van der Waals surface area contributed by atoms with E-state index in [2.05, 4.69) is 33.2 Å². The normalized spacial score (nSPS) is 18.6. The third-order valence-corrected chi connectivity index (χ3v) is 4.22. The van der Waals surface area contributed by atoms with Crippen LogP contribution in [0.3, 0.4) is 0 Å². The van der Waals surface area contributed by atoms with Gasteiger partial charge >= 0.3 is 0 Å². The Bertz CT molecular complexity index is 686. The van der Waals surface area contributed by atoms with E-state index in [4.69, 9.17) is 5.10 Å². The summed E-state index contributed by atoms with van der Waals surface area (Å²) in [5.41, 5.74) is 1.04. The van der Waals surface area contributed by atoms with E-state index in [9.17, 15) is 0 Å². The Morgan fingerprint density at radius 2 is 2.28 bits per heavy atom. The van der Waals surface area contributed by atoms with Gasteiger partial charge in [0.2, 0.25) is 0 Å². The van der Waals surface area contributed by atoms with Gasteiger partial charge in [0.25, 0.3) is 0 Å². The van der Waals surface area contributed by atoms with Gasteiger partial charge in [-0.2, -0.15) is 5.10 Å². The van der Waals surface area contributed by atoms with Crippen molar-refractivity contribution < 1.29 is 0 Å². The van der Waals surface area contributed by atoms with Gasteiger partial charge < -0.3 is 5.32 Å². The first-order valence-electron chi connectivity index (χ1n) is 6.04. The van der Waals surface area contributed by atoms with Crippen LogP contribution in [0.4, 0.5) is 5.82 Å². The number of thiazole rings is 1. The molecule has 3 aromatic rings. The fraction of sp³-hybridized carbons (Fsp3) is 0.231. The molecule has 1 aliphatic rings. The molecule has 1 atom stereocenters. The zero-order chi connectivity index (χ0) is 11.9. The summed E-state index contributed by atoms with van der Waals surface area (Å²) in [7, 11) is 0. The second-order valence-electron chi connectivity index (χ2n) is 4.41. The molecule has 18 heavy (non-hydrogen) atoms. The highest BCUT2D eigenvalue weighted by Crippen LogP contribution is 2.34. The van der Waals surface area contributed by atoms with E-state index < -0.39 is 0 Å². The lowest BCUT2D eigenvalue weighted by Crippen LogP contribution is -2.24. The van der Waals surface area contributed by atoms with Gasteiger partial charge in [0.15, 0.2) is 0 Å². The van der Waals surface area contributed by atoms with Gasteiger partial charge in [-0.05, 0) is 18.6 Å². The first-order valence-corrected chi connectivity index (χ1v) is 6.92. The van der Waals surface area contributed by atoms with E-state index in [1.807, 2.05) is 17.6 Å². The SMILES string of the molecule is c1ccc2c3n(nc2c1)C(c1nccs1)CCN3. The highest BCUT2D eigenvalue weighted by Gasteiger charge is 2.25. The number of fused-ring (bicyclic) bond motifs is 3. The molecule has 1 N–H and O–H groups in total. The first-order chi connectivity index (χ1) is 8.93. The molecule has 0 radical (unpaired) electrons. The Balaban J connectivity index is 1.94. The Morgan fingerprint density at radius 3 is 3.17 bits per heavy atom. The van der Waals surface area contributed by atoms with Crippen molar-refractivity contribution in [2.24, 2.45) is 0 Å². The molecule has 3 heterocycles. The number of anilines is 1. The Labute approximate surface area is 108 Å². The number of benzene rings is 1. The second-order valence-corrected chi connectivity index (χ2v) is 5.34. The van der Waals surface area contributed by atoms with Crippen LogP contribution in [0, 0.1) is 0 Å². The van der Waals surface area contributed by atoms with Gasteiger partial charge in [0.1, 0.15) is 16.9 Å². The number of rotatable bonds is 1. The third-order valence-electron chi connectivity index (χ3n) is 3.35. The minimum Gasteiger partial charge on any atom is -0.370 e. The molecule has 1 unspecified atom stereocenters. The minimum atomic E-state index is 0.272. The molecule has 0 amide bonds. The van der Waals surface area contributed by atoms with E-state index >= 15 is 0 Å². The highest BCUT2D eigenvalue weighted by atomic mass is 32.1. The molecule has 0 aliphatic carbocycles. The van der Waals surface area contributed by atoms with Crippen molar-refractivity contribution >= 4 is 28.1 Å². The largest absolute Gasteiger partial charge is 0.370 e. The van der Waals surface area contributed by atoms with E-state index in [-0.39, 0.29) is 6.04 Å². The summed E-state index contributed by atoms with van der Waals surface area (Å²) < 4.78 is 2.09. The van der Waals surface area contributed by atoms with Crippen LogP contribution < -0.4 is 5.32 Å². The standard InChI is InChI=1S/C13H12N4S/c1-2-4-10-9(3-1)12-14-6-5-11(17(12)16-10)13-15-7-8-18-13/h1-4,7-8,11,14H,5-6H2. The number of hydrogen-bond donors (Lipinski definition) is 1. The zero-order valence-electron chi connectivity index (χ0n) is 9.71. The van der Waals surface area contributed by atoms with Crippen LogP contribution in [0.25, 0.3) is 10.9 Å². The average Bonchev–Trinajstić information content (AvgIpc) is 3.05. The molecule has 4 rings (SSSR count). The minimum absolute atomic E-state index is 0.272. The molecule has 4 nitrogen and oxygen atoms in total. The van der Waals surface area contributed by atoms with Gasteiger partial charge in [-0.15, -0.1) is 11.3 Å². The molecule has 0 fully saturated rings. The van der Waals surface area contributed by atoms with E-state index in [1.165, 1.54) is 5.39 Å². The number of hydrogen-bond acceptors (Lipinski definition) is 4. The van der Waals surface area contributed by atoms with Crippen LogP contribution in [0.2, 0.25) is 0 Å². The molecule has 2 aromatic heterocycles. The van der Waals surface area contributed by atoms with Crippen LogP contribution in [-0.4, -0.2) is 21.3 Å². The predicted molar refractivity (Wildman–Crippen MR) is 73.1 cm³/mol. The van der Waals surface area contributed by atoms with Crippen molar-refractivity contribution in [3.8, 4) is 0 Å². The monoisotopic (exact) mass is 256 g/mol. The fourth-order valence-corrected chi connectivity index (χ4v) is 3.29. The number of nitrogens with zero attached hydrogens (tertiary/aromatic N) is 3. The van der Waals surface area contributed by atoms with Gasteiger partial charge in [0.05, 0.1) is 5.52 Å². The van der Waals surface area contributed by atoms with Gasteiger partial charge in [0, 0.05) is 23.5 Å². The van der Waals surface area contributed by atoms with Crippen molar-refractivity contribution in [2.75, 3.05) is 11.9 Å². The summed E-state index contributed by atoms with van der Waals surface area (Å²) >= 11 is 1.70. The molecule has 1 aliphatic heterocycles. The van der Waals surface area contributed by atoms with Crippen LogP contribution in [0.15, 0.2) is 35.8 Å². The van der Waals surface area contributed by atoms with Crippen LogP contribution in [0.1, 0.15) is 17.5 Å². The topological polar surface area (TPSA) is 42.7 Å². The van der Waals surface area contributed by atoms with E-state index in [1.54, 1.807) is 11.3 Å².